The Labute approximate surface area is 158 Å². The van der Waals surface area contributed by atoms with Crippen LogP contribution in [0.1, 0.15) is 26.3 Å². The highest BCUT2D eigenvalue weighted by Crippen LogP contribution is 2.46. The maximum Gasteiger partial charge on any atom is 0.492 e. The van der Waals surface area contributed by atoms with E-state index in [2.05, 4.69) is 5.32 Å². The molecule has 0 saturated carbocycles. The zero-order valence-corrected chi connectivity index (χ0v) is 15.3. The van der Waals surface area contributed by atoms with Gasteiger partial charge in [0.2, 0.25) is 0 Å². The molecule has 9 heteroatoms. The highest BCUT2D eigenvalue weighted by molar-refractivity contribution is 5.89. The fraction of sp³-hybridized carbons (Fsp3) is 0.316. The van der Waals surface area contributed by atoms with Gasteiger partial charge in [-0.15, -0.1) is 0 Å². The van der Waals surface area contributed by atoms with E-state index in [1.54, 1.807) is 11.4 Å². The summed E-state index contributed by atoms with van der Waals surface area (Å²) < 4.78 is 64.4. The molecular weight excluding hydrogens is 380 g/mol. The van der Waals surface area contributed by atoms with E-state index < -0.39 is 23.9 Å². The number of hydrogen-bond acceptors (Lipinski definition) is 3. The number of carbonyl (C=O) groups excluding carboxylic acids is 1. The molecule has 1 heterocycles. The van der Waals surface area contributed by atoms with E-state index in [0.717, 1.165) is 17.7 Å². The molecule has 0 fully saturated rings. The van der Waals surface area contributed by atoms with Gasteiger partial charge in [0.05, 0.1) is 0 Å². The van der Waals surface area contributed by atoms with E-state index in [4.69, 9.17) is 9.47 Å². The Morgan fingerprint density at radius 1 is 1.00 bits per heavy atom. The van der Waals surface area contributed by atoms with Gasteiger partial charge in [-0.2, -0.15) is 13.2 Å². The van der Waals surface area contributed by atoms with Crippen LogP contribution in [0.25, 0.3) is 0 Å². The van der Waals surface area contributed by atoms with Gasteiger partial charge in [-0.05, 0) is 41.3 Å². The molecule has 0 saturated heterocycles. The second-order valence-electron chi connectivity index (χ2n) is 7.32. The fourth-order valence-corrected chi connectivity index (χ4v) is 2.58. The molecule has 5 nitrogen and oxygen atoms in total. The molecule has 3 rings (SSSR count). The number of hydrogen-bond donors (Lipinski definition) is 2. The van der Waals surface area contributed by atoms with Gasteiger partial charge in [0.1, 0.15) is 5.82 Å². The second-order valence-corrected chi connectivity index (χ2v) is 7.32. The molecule has 1 atom stereocenters. The number of benzene rings is 2. The third-order valence-electron chi connectivity index (χ3n) is 4.05. The maximum absolute atomic E-state index is 13.7. The Bertz CT molecular complexity index is 909. The number of carbonyl (C=O) groups is 1. The van der Waals surface area contributed by atoms with E-state index >= 15 is 0 Å². The van der Waals surface area contributed by atoms with Gasteiger partial charge in [0.25, 0.3) is 0 Å². The zero-order valence-electron chi connectivity index (χ0n) is 15.3. The van der Waals surface area contributed by atoms with Gasteiger partial charge in [-0.1, -0.05) is 32.9 Å². The number of alkyl halides is 3. The van der Waals surface area contributed by atoms with Crippen LogP contribution in [0.4, 0.5) is 28.0 Å². The maximum atomic E-state index is 13.7. The van der Waals surface area contributed by atoms with E-state index in [1.165, 1.54) is 24.3 Å². The van der Waals surface area contributed by atoms with Crippen LogP contribution < -0.4 is 20.1 Å². The number of fused-ring (bicyclic) bond motifs is 1. The molecule has 2 aromatic rings. The highest BCUT2D eigenvalue weighted by atomic mass is 19.4. The summed E-state index contributed by atoms with van der Waals surface area (Å²) in [5.74, 6) is -4.35. The first kappa shape index (κ1) is 19.8. The van der Waals surface area contributed by atoms with E-state index in [0.29, 0.717) is 0 Å². The lowest BCUT2D eigenvalue weighted by atomic mass is 9.87. The summed E-state index contributed by atoms with van der Waals surface area (Å²) in [4.78, 5) is 12.1. The summed E-state index contributed by atoms with van der Waals surface area (Å²) in [5.41, 5.74) is 0.377. The minimum Gasteiger partial charge on any atom is -0.424 e. The van der Waals surface area contributed by atoms with Gasteiger partial charge in [-0.25, -0.2) is 9.18 Å². The van der Waals surface area contributed by atoms with Crippen molar-refractivity contribution in [1.82, 2.24) is 5.32 Å². The van der Waals surface area contributed by atoms with Crippen molar-refractivity contribution >= 4 is 11.7 Å². The van der Waals surface area contributed by atoms with Crippen LogP contribution >= 0.6 is 0 Å². The first-order chi connectivity index (χ1) is 12.9. The summed E-state index contributed by atoms with van der Waals surface area (Å²) in [5, 5.41) is 3.78. The second kappa shape index (κ2) is 6.57. The largest absolute Gasteiger partial charge is 0.492 e. The van der Waals surface area contributed by atoms with Gasteiger partial charge in [0.15, 0.2) is 11.5 Å². The molecule has 0 aromatic heterocycles. The van der Waals surface area contributed by atoms with Crippen molar-refractivity contribution < 1.29 is 31.8 Å². The molecule has 0 bridgehead atoms. The molecule has 0 aliphatic carbocycles. The number of urea groups is 1. The van der Waals surface area contributed by atoms with Crippen LogP contribution in [0.2, 0.25) is 0 Å². The van der Waals surface area contributed by atoms with Gasteiger partial charge in [-0.3, -0.25) is 5.32 Å². The average molecular weight is 398 g/mol. The lowest BCUT2D eigenvalue weighted by Crippen LogP contribution is -2.65. The monoisotopic (exact) mass is 398 g/mol. The van der Waals surface area contributed by atoms with Crippen LogP contribution in [-0.2, 0) is 5.41 Å². The third kappa shape index (κ3) is 3.83. The third-order valence-corrected chi connectivity index (χ3v) is 4.05. The predicted octanol–water partition coefficient (Wildman–Crippen LogP) is 4.93. The minimum absolute atomic E-state index is 0.0274. The van der Waals surface area contributed by atoms with Crippen molar-refractivity contribution in [3.63, 3.8) is 0 Å². The van der Waals surface area contributed by atoms with E-state index in [-0.39, 0.29) is 22.6 Å². The molecule has 2 aromatic carbocycles. The standard InChI is InChI=1S/C19H18F4N2O3/c1-17(2,3)11-7-8-14-15(9-11)28-19(27-14,18(21,22)23)25-16(26)24-13-6-4-5-12(20)10-13/h4-10H,1-3H3,(H2,24,25,26)/t19-/m1/s1. The Morgan fingerprint density at radius 2 is 1.68 bits per heavy atom. The first-order valence-electron chi connectivity index (χ1n) is 8.34. The van der Waals surface area contributed by atoms with Crippen molar-refractivity contribution in [2.45, 2.75) is 38.3 Å². The Hall–Kier alpha value is -2.97. The Kier molecular flexibility index (Phi) is 4.64. The van der Waals surface area contributed by atoms with Gasteiger partial charge in [0, 0.05) is 5.69 Å². The number of anilines is 1. The SMILES string of the molecule is CC(C)(C)c1ccc2c(c1)O[C@@](NC(=O)Nc1cccc(F)c1)(C(F)(F)F)O2. The normalized spacial score (nSPS) is 18.7. The average Bonchev–Trinajstić information content (AvgIpc) is 2.91. The van der Waals surface area contributed by atoms with Crippen molar-refractivity contribution in [2.75, 3.05) is 5.32 Å². The van der Waals surface area contributed by atoms with Crippen LogP contribution in [0, 0.1) is 5.82 Å². The summed E-state index contributed by atoms with van der Waals surface area (Å²) in [7, 11) is 0. The molecule has 0 radical (unpaired) electrons. The van der Waals surface area contributed by atoms with E-state index in [1.807, 2.05) is 20.8 Å². The molecular formula is C19H18F4N2O3. The lowest BCUT2D eigenvalue weighted by molar-refractivity contribution is -0.317. The zero-order chi connectivity index (χ0) is 20.7. The Balaban J connectivity index is 1.85. The van der Waals surface area contributed by atoms with Crippen LogP contribution in [0.15, 0.2) is 42.5 Å². The first-order valence-corrected chi connectivity index (χ1v) is 8.34. The van der Waals surface area contributed by atoms with Crippen molar-refractivity contribution in [1.29, 1.82) is 0 Å². The smallest absolute Gasteiger partial charge is 0.424 e. The minimum atomic E-state index is -5.09. The molecule has 1 aliphatic heterocycles. The molecule has 28 heavy (non-hydrogen) atoms. The predicted molar refractivity (Wildman–Crippen MR) is 93.7 cm³/mol. The quantitative estimate of drug-likeness (QED) is 0.705. The van der Waals surface area contributed by atoms with Crippen LogP contribution in [-0.4, -0.2) is 18.1 Å². The molecule has 1 aliphatic rings. The molecule has 2 amide bonds. The highest BCUT2D eigenvalue weighted by Gasteiger charge is 2.65. The molecule has 150 valence electrons. The van der Waals surface area contributed by atoms with Crippen molar-refractivity contribution in [2.24, 2.45) is 0 Å². The number of halogens is 4. The topological polar surface area (TPSA) is 59.6 Å². The van der Waals surface area contributed by atoms with E-state index in [9.17, 15) is 22.4 Å². The summed E-state index contributed by atoms with van der Waals surface area (Å²) in [6.07, 6.45) is -5.09. The molecule has 0 spiro atoms. The lowest BCUT2D eigenvalue weighted by Gasteiger charge is -2.29. The van der Waals surface area contributed by atoms with Crippen LogP contribution in [0.3, 0.4) is 0 Å². The molecule has 2 N–H and O–H groups in total. The van der Waals surface area contributed by atoms with Crippen LogP contribution in [0.5, 0.6) is 11.5 Å². The van der Waals surface area contributed by atoms with Crippen molar-refractivity contribution in [3.05, 3.63) is 53.8 Å². The van der Waals surface area contributed by atoms with Gasteiger partial charge >= 0.3 is 18.1 Å². The molecule has 0 unspecified atom stereocenters. The fourth-order valence-electron chi connectivity index (χ4n) is 2.58. The number of rotatable bonds is 2. The number of nitrogens with one attached hydrogen (secondary N) is 2. The summed E-state index contributed by atoms with van der Waals surface area (Å²) in [6.45, 7) is 5.69. The number of ether oxygens (including phenoxy) is 2. The Morgan fingerprint density at radius 3 is 2.29 bits per heavy atom. The number of amides is 2. The van der Waals surface area contributed by atoms with Crippen molar-refractivity contribution in [3.8, 4) is 11.5 Å². The summed E-state index contributed by atoms with van der Waals surface area (Å²) in [6, 6.07) is 7.87. The summed E-state index contributed by atoms with van der Waals surface area (Å²) >= 11 is 0. The van der Waals surface area contributed by atoms with Gasteiger partial charge < -0.3 is 14.8 Å².